The Morgan fingerprint density at radius 2 is 2.20 bits per heavy atom. The molecule has 0 bridgehead atoms. The van der Waals surface area contributed by atoms with Gasteiger partial charge in [0.1, 0.15) is 12.7 Å². The number of likely N-dealkylation sites (tertiary alicyclic amines) is 1. The molecule has 1 amide bonds. The topological polar surface area (TPSA) is 54.3 Å². The second-order valence-corrected chi connectivity index (χ2v) is 7.31. The highest BCUT2D eigenvalue weighted by Crippen LogP contribution is 2.32. The van der Waals surface area contributed by atoms with E-state index in [1.165, 1.54) is 12.0 Å². The summed E-state index contributed by atoms with van der Waals surface area (Å²) in [5, 5.41) is 4.21. The quantitative estimate of drug-likeness (QED) is 0.855. The van der Waals surface area contributed by atoms with E-state index in [1.54, 1.807) is 12.7 Å². The average molecular weight is 339 g/mol. The number of nitrogens with zero attached hydrogens (tertiary/aromatic N) is 5. The average Bonchev–Trinajstić information content (AvgIpc) is 3.21. The lowest BCUT2D eigenvalue weighted by molar-refractivity contribution is -0.120. The van der Waals surface area contributed by atoms with Gasteiger partial charge in [0.25, 0.3) is 0 Å². The highest BCUT2D eigenvalue weighted by Gasteiger charge is 2.32. The van der Waals surface area contributed by atoms with Gasteiger partial charge in [0, 0.05) is 24.8 Å². The fourth-order valence-corrected chi connectivity index (χ4v) is 4.25. The Balaban J connectivity index is 1.39. The summed E-state index contributed by atoms with van der Waals surface area (Å²) in [5.74, 6) is 0.755. The van der Waals surface area contributed by atoms with Crippen molar-refractivity contribution in [3.05, 3.63) is 42.5 Å². The van der Waals surface area contributed by atoms with E-state index in [-0.39, 0.29) is 11.9 Å². The summed E-state index contributed by atoms with van der Waals surface area (Å²) in [6.45, 7) is 5.49. The number of piperidine rings is 1. The molecule has 4 rings (SSSR count). The molecule has 1 aromatic carbocycles. The number of carbonyl (C=O) groups is 1. The zero-order valence-electron chi connectivity index (χ0n) is 14.7. The third-order valence-electron chi connectivity index (χ3n) is 5.35. The summed E-state index contributed by atoms with van der Waals surface area (Å²) in [6, 6.07) is 8.53. The second kappa shape index (κ2) is 6.96. The standard InChI is InChI=1S/C19H25N5O/c1-15-9-17-6-2-3-7-18(17)24(15)19(25)12-22-8-4-5-16(10-22)11-23-14-20-13-21-23/h2-3,6-7,13-16H,4-5,8-12H2,1H3/t15-,16-/m0/s1. The highest BCUT2D eigenvalue weighted by molar-refractivity contribution is 5.97. The number of hydrogen-bond acceptors (Lipinski definition) is 4. The predicted octanol–water partition coefficient (Wildman–Crippen LogP) is 1.97. The van der Waals surface area contributed by atoms with Gasteiger partial charge in [-0.25, -0.2) is 4.98 Å². The van der Waals surface area contributed by atoms with Gasteiger partial charge in [0.05, 0.1) is 6.54 Å². The van der Waals surface area contributed by atoms with E-state index >= 15 is 0 Å². The van der Waals surface area contributed by atoms with Gasteiger partial charge in [-0.3, -0.25) is 14.4 Å². The number of aromatic nitrogens is 3. The van der Waals surface area contributed by atoms with Crippen molar-refractivity contribution in [1.29, 1.82) is 0 Å². The molecule has 6 heteroatoms. The van der Waals surface area contributed by atoms with Crippen LogP contribution in [-0.2, 0) is 17.8 Å². The molecule has 6 nitrogen and oxygen atoms in total. The molecule has 0 saturated carbocycles. The minimum Gasteiger partial charge on any atom is -0.308 e. The van der Waals surface area contributed by atoms with Crippen molar-refractivity contribution in [3.63, 3.8) is 0 Å². The normalized spacial score (nSPS) is 23.6. The number of benzene rings is 1. The van der Waals surface area contributed by atoms with Crippen LogP contribution in [0.5, 0.6) is 0 Å². The van der Waals surface area contributed by atoms with Gasteiger partial charge in [0.15, 0.2) is 0 Å². The number of para-hydroxylation sites is 1. The first-order valence-electron chi connectivity index (χ1n) is 9.15. The first-order chi connectivity index (χ1) is 12.2. The highest BCUT2D eigenvalue weighted by atomic mass is 16.2. The molecular weight excluding hydrogens is 314 g/mol. The Bertz CT molecular complexity index is 729. The van der Waals surface area contributed by atoms with Crippen LogP contribution >= 0.6 is 0 Å². The van der Waals surface area contributed by atoms with E-state index < -0.39 is 0 Å². The summed E-state index contributed by atoms with van der Waals surface area (Å²) < 4.78 is 1.90. The molecule has 0 N–H and O–H groups in total. The number of amides is 1. The molecule has 1 saturated heterocycles. The number of carbonyl (C=O) groups excluding carboxylic acids is 1. The molecule has 1 aromatic heterocycles. The van der Waals surface area contributed by atoms with Crippen molar-refractivity contribution in [1.82, 2.24) is 19.7 Å². The predicted molar refractivity (Wildman–Crippen MR) is 96.3 cm³/mol. The Morgan fingerprint density at radius 3 is 3.04 bits per heavy atom. The maximum Gasteiger partial charge on any atom is 0.241 e. The smallest absolute Gasteiger partial charge is 0.241 e. The largest absolute Gasteiger partial charge is 0.308 e. The second-order valence-electron chi connectivity index (χ2n) is 7.31. The first kappa shape index (κ1) is 16.3. The van der Waals surface area contributed by atoms with Crippen LogP contribution in [0.3, 0.4) is 0 Å². The van der Waals surface area contributed by atoms with Crippen LogP contribution < -0.4 is 4.90 Å². The van der Waals surface area contributed by atoms with Gasteiger partial charge in [-0.15, -0.1) is 0 Å². The van der Waals surface area contributed by atoms with E-state index in [2.05, 4.69) is 40.1 Å². The number of anilines is 1. The molecule has 2 aliphatic rings. The van der Waals surface area contributed by atoms with Crippen molar-refractivity contribution in [2.24, 2.45) is 5.92 Å². The van der Waals surface area contributed by atoms with E-state index in [0.717, 1.165) is 38.2 Å². The third kappa shape index (κ3) is 3.44. The van der Waals surface area contributed by atoms with Crippen molar-refractivity contribution >= 4 is 11.6 Å². The van der Waals surface area contributed by atoms with Gasteiger partial charge in [-0.1, -0.05) is 18.2 Å². The van der Waals surface area contributed by atoms with E-state index in [1.807, 2.05) is 15.6 Å². The maximum absolute atomic E-state index is 13.0. The lowest BCUT2D eigenvalue weighted by atomic mass is 9.98. The van der Waals surface area contributed by atoms with E-state index in [0.29, 0.717) is 12.5 Å². The molecular formula is C19H25N5O. The number of rotatable bonds is 4. The molecule has 2 atom stereocenters. The van der Waals surface area contributed by atoms with Crippen LogP contribution in [0, 0.1) is 5.92 Å². The summed E-state index contributed by atoms with van der Waals surface area (Å²) in [5.41, 5.74) is 2.38. The van der Waals surface area contributed by atoms with Gasteiger partial charge in [0.2, 0.25) is 5.91 Å². The summed E-state index contributed by atoms with van der Waals surface area (Å²) >= 11 is 0. The SMILES string of the molecule is C[C@H]1Cc2ccccc2N1C(=O)CN1CCC[C@H](Cn2cncn2)C1. The minimum atomic E-state index is 0.221. The van der Waals surface area contributed by atoms with E-state index in [9.17, 15) is 4.79 Å². The summed E-state index contributed by atoms with van der Waals surface area (Å²) in [4.78, 5) is 21.3. The molecule has 2 aliphatic heterocycles. The van der Waals surface area contributed by atoms with Crippen LogP contribution in [0.15, 0.2) is 36.9 Å². The molecule has 0 aliphatic carbocycles. The van der Waals surface area contributed by atoms with Crippen LogP contribution in [0.4, 0.5) is 5.69 Å². The summed E-state index contributed by atoms with van der Waals surface area (Å²) in [7, 11) is 0. The number of hydrogen-bond donors (Lipinski definition) is 0. The number of fused-ring (bicyclic) bond motifs is 1. The third-order valence-corrected chi connectivity index (χ3v) is 5.35. The van der Waals surface area contributed by atoms with Gasteiger partial charge >= 0.3 is 0 Å². The Morgan fingerprint density at radius 1 is 1.32 bits per heavy atom. The van der Waals surface area contributed by atoms with Crippen molar-refractivity contribution in [2.45, 2.75) is 38.8 Å². The monoisotopic (exact) mass is 339 g/mol. The minimum absolute atomic E-state index is 0.221. The van der Waals surface area contributed by atoms with Crippen LogP contribution in [0.1, 0.15) is 25.3 Å². The molecule has 132 valence electrons. The maximum atomic E-state index is 13.0. The van der Waals surface area contributed by atoms with Crippen LogP contribution in [0.2, 0.25) is 0 Å². The van der Waals surface area contributed by atoms with Gasteiger partial charge < -0.3 is 4.90 Å². The molecule has 0 spiro atoms. The zero-order chi connectivity index (χ0) is 17.2. The van der Waals surface area contributed by atoms with Crippen LogP contribution in [0.25, 0.3) is 0 Å². The zero-order valence-corrected chi connectivity index (χ0v) is 14.7. The fourth-order valence-electron chi connectivity index (χ4n) is 4.25. The molecule has 0 radical (unpaired) electrons. The van der Waals surface area contributed by atoms with Crippen molar-refractivity contribution in [2.75, 3.05) is 24.5 Å². The molecule has 25 heavy (non-hydrogen) atoms. The van der Waals surface area contributed by atoms with E-state index in [4.69, 9.17) is 0 Å². The van der Waals surface area contributed by atoms with Crippen LogP contribution in [-0.4, -0.2) is 51.2 Å². The Kier molecular flexibility index (Phi) is 4.53. The summed E-state index contributed by atoms with van der Waals surface area (Å²) in [6.07, 6.45) is 6.63. The molecule has 1 fully saturated rings. The molecule has 0 unspecified atom stereocenters. The fraction of sp³-hybridized carbons (Fsp3) is 0.526. The lowest BCUT2D eigenvalue weighted by Crippen LogP contribution is -2.46. The van der Waals surface area contributed by atoms with Crippen molar-refractivity contribution < 1.29 is 4.79 Å². The van der Waals surface area contributed by atoms with Gasteiger partial charge in [-0.2, -0.15) is 5.10 Å². The van der Waals surface area contributed by atoms with Gasteiger partial charge in [-0.05, 0) is 50.3 Å². The van der Waals surface area contributed by atoms with Crippen molar-refractivity contribution in [3.8, 4) is 0 Å². The lowest BCUT2D eigenvalue weighted by Gasteiger charge is -2.34. The Labute approximate surface area is 148 Å². The Hall–Kier alpha value is -2.21. The first-order valence-corrected chi connectivity index (χ1v) is 9.15. The molecule has 3 heterocycles. The molecule has 2 aromatic rings.